The maximum Gasteiger partial charge on any atom is 0.303 e. The summed E-state index contributed by atoms with van der Waals surface area (Å²) in [6.45, 7) is 2.00. The Balaban J connectivity index is 2.35. The highest BCUT2D eigenvalue weighted by atomic mass is 79.9. The number of aryl methyl sites for hydroxylation is 1. The van der Waals surface area contributed by atoms with Crippen LogP contribution in [0.1, 0.15) is 41.5 Å². The molecule has 0 saturated carbocycles. The van der Waals surface area contributed by atoms with Crippen LogP contribution in [0.15, 0.2) is 10.5 Å². The van der Waals surface area contributed by atoms with Gasteiger partial charge >= 0.3 is 5.97 Å². The third kappa shape index (κ3) is 4.23. The lowest BCUT2D eigenvalue weighted by Gasteiger charge is -2.07. The van der Waals surface area contributed by atoms with E-state index < -0.39 is 12.1 Å². The maximum absolute atomic E-state index is 10.3. The summed E-state index contributed by atoms with van der Waals surface area (Å²) < 4.78 is 1.03. The third-order valence-electron chi connectivity index (χ3n) is 2.32. The average Bonchev–Trinajstić information content (AvgIpc) is 2.54. The van der Waals surface area contributed by atoms with Gasteiger partial charge in [-0.25, -0.2) is 0 Å². The molecule has 0 radical (unpaired) electrons. The maximum atomic E-state index is 10.3. The van der Waals surface area contributed by atoms with Crippen molar-refractivity contribution in [2.45, 2.75) is 38.7 Å². The molecule has 0 aliphatic rings. The summed E-state index contributed by atoms with van der Waals surface area (Å²) in [5, 5.41) is 18.3. The number of aliphatic hydroxyl groups is 1. The van der Waals surface area contributed by atoms with Crippen LogP contribution >= 0.6 is 27.3 Å². The van der Waals surface area contributed by atoms with Gasteiger partial charge in [-0.1, -0.05) is 0 Å². The first-order chi connectivity index (χ1) is 7.50. The minimum absolute atomic E-state index is 0.180. The topological polar surface area (TPSA) is 57.5 Å². The highest BCUT2D eigenvalue weighted by molar-refractivity contribution is 9.10. The number of unbranched alkanes of at least 4 members (excludes halogenated alkanes) is 1. The Kier molecular flexibility index (Phi) is 5.44. The normalized spacial score (nSPS) is 12.7. The molecule has 0 spiro atoms. The monoisotopic (exact) mass is 306 g/mol. The van der Waals surface area contributed by atoms with Crippen molar-refractivity contribution in [3.63, 3.8) is 0 Å². The zero-order valence-electron chi connectivity index (χ0n) is 9.07. The number of rotatable bonds is 6. The van der Waals surface area contributed by atoms with Crippen LogP contribution in [-0.2, 0) is 4.79 Å². The Hall–Kier alpha value is -0.390. The van der Waals surface area contributed by atoms with E-state index in [4.69, 9.17) is 5.11 Å². The average molecular weight is 307 g/mol. The fourth-order valence-corrected chi connectivity index (χ4v) is 2.98. The molecule has 3 nitrogen and oxygen atoms in total. The van der Waals surface area contributed by atoms with Gasteiger partial charge in [0.05, 0.1) is 6.10 Å². The van der Waals surface area contributed by atoms with Gasteiger partial charge in [-0.05, 0) is 48.2 Å². The van der Waals surface area contributed by atoms with Gasteiger partial charge in [-0.3, -0.25) is 4.79 Å². The molecule has 0 aliphatic heterocycles. The Bertz CT molecular complexity index is 343. The van der Waals surface area contributed by atoms with Crippen LogP contribution in [0.25, 0.3) is 0 Å². The molecule has 0 amide bonds. The molecular formula is C11H15BrO3S. The zero-order chi connectivity index (χ0) is 12.1. The van der Waals surface area contributed by atoms with E-state index in [2.05, 4.69) is 15.9 Å². The fraction of sp³-hybridized carbons (Fsp3) is 0.545. The molecule has 1 unspecified atom stereocenters. The van der Waals surface area contributed by atoms with Crippen LogP contribution in [0.5, 0.6) is 0 Å². The van der Waals surface area contributed by atoms with Gasteiger partial charge in [-0.15, -0.1) is 11.3 Å². The van der Waals surface area contributed by atoms with Crippen molar-refractivity contribution in [1.82, 2.24) is 0 Å². The van der Waals surface area contributed by atoms with E-state index in [1.807, 2.05) is 13.0 Å². The Morgan fingerprint density at radius 1 is 1.56 bits per heavy atom. The summed E-state index contributed by atoms with van der Waals surface area (Å²) in [4.78, 5) is 12.4. The van der Waals surface area contributed by atoms with Crippen molar-refractivity contribution in [3.05, 3.63) is 20.3 Å². The van der Waals surface area contributed by atoms with Gasteiger partial charge < -0.3 is 10.2 Å². The van der Waals surface area contributed by atoms with Crippen LogP contribution in [-0.4, -0.2) is 16.2 Å². The van der Waals surface area contributed by atoms with Gasteiger partial charge in [0, 0.05) is 20.6 Å². The van der Waals surface area contributed by atoms with Crippen LogP contribution < -0.4 is 0 Å². The van der Waals surface area contributed by atoms with Gasteiger partial charge in [0.1, 0.15) is 0 Å². The van der Waals surface area contributed by atoms with Crippen molar-refractivity contribution in [1.29, 1.82) is 0 Å². The molecule has 0 aliphatic carbocycles. The van der Waals surface area contributed by atoms with E-state index in [-0.39, 0.29) is 6.42 Å². The van der Waals surface area contributed by atoms with E-state index in [0.29, 0.717) is 12.8 Å². The molecule has 0 aromatic carbocycles. The van der Waals surface area contributed by atoms with Crippen LogP contribution in [0.2, 0.25) is 0 Å². The molecule has 0 fully saturated rings. The second-order valence-corrected chi connectivity index (χ2v) is 5.85. The van der Waals surface area contributed by atoms with E-state index in [1.54, 1.807) is 11.3 Å². The number of thiophene rings is 1. The predicted octanol–water partition coefficient (Wildman–Crippen LogP) is 3.50. The molecule has 1 aromatic rings. The highest BCUT2D eigenvalue weighted by Crippen LogP contribution is 2.32. The number of hydrogen-bond donors (Lipinski definition) is 2. The fourth-order valence-electron chi connectivity index (χ4n) is 1.40. The van der Waals surface area contributed by atoms with Crippen LogP contribution in [0.4, 0.5) is 0 Å². The van der Waals surface area contributed by atoms with Crippen molar-refractivity contribution >= 4 is 33.2 Å². The molecule has 1 aromatic heterocycles. The number of carbonyl (C=O) groups is 1. The van der Waals surface area contributed by atoms with Crippen molar-refractivity contribution in [2.75, 3.05) is 0 Å². The molecule has 0 saturated heterocycles. The molecule has 2 N–H and O–H groups in total. The Morgan fingerprint density at radius 3 is 2.75 bits per heavy atom. The first-order valence-electron chi connectivity index (χ1n) is 5.16. The van der Waals surface area contributed by atoms with E-state index >= 15 is 0 Å². The highest BCUT2D eigenvalue weighted by Gasteiger charge is 2.12. The minimum Gasteiger partial charge on any atom is -0.481 e. The summed E-state index contributed by atoms with van der Waals surface area (Å²) in [6.07, 6.45) is 1.70. The standard InChI is InChI=1S/C11H15BrO3S/c1-7-8(12)6-10(16-7)9(13)4-2-3-5-11(14)15/h6,9,13H,2-5H2,1H3,(H,14,15). The number of hydrogen-bond acceptors (Lipinski definition) is 3. The molecular weight excluding hydrogens is 292 g/mol. The van der Waals surface area contributed by atoms with Gasteiger partial charge in [0.2, 0.25) is 0 Å². The molecule has 5 heteroatoms. The number of carboxylic acid groups (broad SMARTS) is 1. The number of carboxylic acids is 1. The Labute approximate surface area is 107 Å². The lowest BCUT2D eigenvalue weighted by atomic mass is 10.1. The van der Waals surface area contributed by atoms with Crippen molar-refractivity contribution in [3.8, 4) is 0 Å². The molecule has 1 atom stereocenters. The zero-order valence-corrected chi connectivity index (χ0v) is 11.5. The SMILES string of the molecule is Cc1sc(C(O)CCCCC(=O)O)cc1Br. The van der Waals surface area contributed by atoms with Crippen LogP contribution in [0, 0.1) is 6.92 Å². The third-order valence-corrected chi connectivity index (χ3v) is 4.56. The summed E-state index contributed by atoms with van der Waals surface area (Å²) in [6, 6.07) is 1.93. The Morgan fingerprint density at radius 2 is 2.25 bits per heavy atom. The molecule has 90 valence electrons. The molecule has 16 heavy (non-hydrogen) atoms. The number of halogens is 1. The van der Waals surface area contributed by atoms with Gasteiger partial charge in [-0.2, -0.15) is 0 Å². The predicted molar refractivity (Wildman–Crippen MR) is 67.8 cm³/mol. The summed E-state index contributed by atoms with van der Waals surface area (Å²) >= 11 is 4.98. The number of aliphatic carboxylic acids is 1. The molecule has 1 heterocycles. The largest absolute Gasteiger partial charge is 0.481 e. The first-order valence-corrected chi connectivity index (χ1v) is 6.77. The molecule has 0 bridgehead atoms. The second kappa shape index (κ2) is 6.37. The number of aliphatic hydroxyl groups excluding tert-OH is 1. The molecule has 1 rings (SSSR count). The van der Waals surface area contributed by atoms with E-state index in [9.17, 15) is 9.90 Å². The second-order valence-electron chi connectivity index (χ2n) is 3.71. The first kappa shape index (κ1) is 13.7. The van der Waals surface area contributed by atoms with Crippen LogP contribution in [0.3, 0.4) is 0 Å². The quantitative estimate of drug-likeness (QED) is 0.791. The van der Waals surface area contributed by atoms with Crippen molar-refractivity contribution in [2.24, 2.45) is 0 Å². The van der Waals surface area contributed by atoms with Gasteiger partial charge in [0.25, 0.3) is 0 Å². The smallest absolute Gasteiger partial charge is 0.303 e. The van der Waals surface area contributed by atoms with E-state index in [0.717, 1.165) is 20.6 Å². The lowest BCUT2D eigenvalue weighted by molar-refractivity contribution is -0.137. The summed E-state index contributed by atoms with van der Waals surface area (Å²) in [5.74, 6) is -0.774. The lowest BCUT2D eigenvalue weighted by Crippen LogP contribution is -1.97. The van der Waals surface area contributed by atoms with Gasteiger partial charge in [0.15, 0.2) is 0 Å². The van der Waals surface area contributed by atoms with Crippen molar-refractivity contribution < 1.29 is 15.0 Å². The summed E-state index contributed by atoms with van der Waals surface area (Å²) in [5.41, 5.74) is 0. The summed E-state index contributed by atoms with van der Waals surface area (Å²) in [7, 11) is 0. The van der Waals surface area contributed by atoms with E-state index in [1.165, 1.54) is 0 Å². The minimum atomic E-state index is -0.774.